The van der Waals surface area contributed by atoms with Crippen molar-refractivity contribution in [3.05, 3.63) is 40.8 Å². The van der Waals surface area contributed by atoms with Crippen LogP contribution < -0.4 is 5.32 Å². The summed E-state index contributed by atoms with van der Waals surface area (Å²) in [7, 11) is 1.92. The fraction of sp³-hybridized carbons (Fsp3) is 0.182. The molecule has 0 aliphatic carbocycles. The van der Waals surface area contributed by atoms with E-state index in [0.717, 1.165) is 10.2 Å². The van der Waals surface area contributed by atoms with Gasteiger partial charge in [-0.1, -0.05) is 0 Å². The molecule has 1 N–H and O–H groups in total. The minimum absolute atomic E-state index is 0.160. The average molecular weight is 284 g/mol. The van der Waals surface area contributed by atoms with Gasteiger partial charge in [0, 0.05) is 25.1 Å². The van der Waals surface area contributed by atoms with Crippen molar-refractivity contribution in [1.29, 1.82) is 0 Å². The molecule has 0 radical (unpaired) electrons. The standard InChI is InChI=1S/C11H11BrFN3/c1-16-7-8(12)6-14-11(16)15-10-4-2-9(13)3-5-10/h2-7,11,15H,1H3. The highest BCUT2D eigenvalue weighted by Crippen LogP contribution is 2.16. The number of nitrogens with zero attached hydrogens (tertiary/aromatic N) is 2. The van der Waals surface area contributed by atoms with Gasteiger partial charge in [0.2, 0.25) is 0 Å². The molecule has 0 saturated heterocycles. The Morgan fingerprint density at radius 2 is 2.06 bits per heavy atom. The van der Waals surface area contributed by atoms with Gasteiger partial charge in [0.15, 0.2) is 6.29 Å². The van der Waals surface area contributed by atoms with E-state index in [1.807, 2.05) is 18.1 Å². The van der Waals surface area contributed by atoms with Crippen LogP contribution in [0.25, 0.3) is 0 Å². The van der Waals surface area contributed by atoms with Gasteiger partial charge in [-0.2, -0.15) is 0 Å². The van der Waals surface area contributed by atoms with E-state index in [1.54, 1.807) is 18.3 Å². The van der Waals surface area contributed by atoms with Crippen molar-refractivity contribution < 1.29 is 4.39 Å². The summed E-state index contributed by atoms with van der Waals surface area (Å²) < 4.78 is 13.6. The van der Waals surface area contributed by atoms with Crippen molar-refractivity contribution in [2.45, 2.75) is 6.29 Å². The smallest absolute Gasteiger partial charge is 0.195 e. The molecule has 1 aromatic carbocycles. The predicted octanol–water partition coefficient (Wildman–Crippen LogP) is 2.77. The maximum Gasteiger partial charge on any atom is 0.195 e. The molecule has 5 heteroatoms. The summed E-state index contributed by atoms with van der Waals surface area (Å²) in [4.78, 5) is 6.21. The van der Waals surface area contributed by atoms with Crippen molar-refractivity contribution >= 4 is 27.8 Å². The normalized spacial score (nSPS) is 19.6. The molecular weight excluding hydrogens is 273 g/mol. The number of nitrogens with one attached hydrogen (secondary N) is 1. The van der Waals surface area contributed by atoms with Crippen molar-refractivity contribution in [2.24, 2.45) is 4.99 Å². The SMILES string of the molecule is CN1C=C(Br)C=NC1Nc1ccc(F)cc1. The van der Waals surface area contributed by atoms with E-state index < -0.39 is 0 Å². The number of hydrogen-bond donors (Lipinski definition) is 1. The highest BCUT2D eigenvalue weighted by atomic mass is 79.9. The van der Waals surface area contributed by atoms with Crippen LogP contribution in [0.3, 0.4) is 0 Å². The highest BCUT2D eigenvalue weighted by molar-refractivity contribution is 9.12. The first-order valence-corrected chi connectivity index (χ1v) is 5.59. The number of benzene rings is 1. The van der Waals surface area contributed by atoms with Crippen LogP contribution in [0, 0.1) is 5.82 Å². The second-order valence-corrected chi connectivity index (χ2v) is 4.40. The Bertz CT molecular complexity index is 427. The van der Waals surface area contributed by atoms with E-state index in [1.165, 1.54) is 12.1 Å². The summed E-state index contributed by atoms with van der Waals surface area (Å²) >= 11 is 3.34. The summed E-state index contributed by atoms with van der Waals surface area (Å²) in [6.45, 7) is 0. The van der Waals surface area contributed by atoms with Gasteiger partial charge >= 0.3 is 0 Å². The lowest BCUT2D eigenvalue weighted by Gasteiger charge is -2.27. The molecule has 3 nitrogen and oxygen atoms in total. The van der Waals surface area contributed by atoms with E-state index >= 15 is 0 Å². The Kier molecular flexibility index (Phi) is 3.24. The van der Waals surface area contributed by atoms with E-state index in [-0.39, 0.29) is 12.1 Å². The first-order valence-electron chi connectivity index (χ1n) is 4.80. The van der Waals surface area contributed by atoms with Gasteiger partial charge in [-0.25, -0.2) is 9.38 Å². The average Bonchev–Trinajstić information content (AvgIpc) is 2.25. The number of aliphatic imine (C=N–C) groups is 1. The predicted molar refractivity (Wildman–Crippen MR) is 67.1 cm³/mol. The lowest BCUT2D eigenvalue weighted by atomic mass is 10.3. The van der Waals surface area contributed by atoms with E-state index in [4.69, 9.17) is 0 Å². The van der Waals surface area contributed by atoms with Crippen molar-refractivity contribution in [1.82, 2.24) is 4.90 Å². The molecule has 84 valence electrons. The third kappa shape index (κ3) is 2.61. The zero-order chi connectivity index (χ0) is 11.5. The van der Waals surface area contributed by atoms with Gasteiger partial charge < -0.3 is 10.2 Å². The Labute approximate surface area is 102 Å². The van der Waals surface area contributed by atoms with Crippen LogP contribution in [0.2, 0.25) is 0 Å². The molecule has 1 heterocycles. The first-order chi connectivity index (χ1) is 7.65. The van der Waals surface area contributed by atoms with E-state index in [9.17, 15) is 4.39 Å². The molecule has 0 saturated carbocycles. The van der Waals surface area contributed by atoms with Crippen molar-refractivity contribution in [2.75, 3.05) is 12.4 Å². The maximum absolute atomic E-state index is 12.7. The highest BCUT2D eigenvalue weighted by Gasteiger charge is 2.13. The topological polar surface area (TPSA) is 27.6 Å². The fourth-order valence-corrected chi connectivity index (χ4v) is 1.82. The second kappa shape index (κ2) is 4.65. The van der Waals surface area contributed by atoms with Gasteiger partial charge in [0.05, 0.1) is 4.48 Å². The number of hydrogen-bond acceptors (Lipinski definition) is 3. The summed E-state index contributed by atoms with van der Waals surface area (Å²) in [6, 6.07) is 6.21. The number of rotatable bonds is 2. The van der Waals surface area contributed by atoms with Crippen LogP contribution in [0.15, 0.2) is 39.9 Å². The largest absolute Gasteiger partial charge is 0.347 e. The number of halogens is 2. The van der Waals surface area contributed by atoms with Gasteiger partial charge in [-0.3, -0.25) is 0 Å². The van der Waals surface area contributed by atoms with Crippen LogP contribution in [-0.4, -0.2) is 24.5 Å². The second-order valence-electron chi connectivity index (χ2n) is 3.48. The third-order valence-corrected chi connectivity index (χ3v) is 2.60. The zero-order valence-electron chi connectivity index (χ0n) is 8.69. The molecule has 1 unspecified atom stereocenters. The molecule has 0 amide bonds. The molecule has 0 bridgehead atoms. The lowest BCUT2D eigenvalue weighted by molar-refractivity contribution is 0.369. The molecule has 0 aromatic heterocycles. The van der Waals surface area contributed by atoms with Crippen LogP contribution in [0.4, 0.5) is 10.1 Å². The number of anilines is 1. The Morgan fingerprint density at radius 3 is 2.69 bits per heavy atom. The molecule has 1 aliphatic heterocycles. The number of allylic oxidation sites excluding steroid dienone is 1. The zero-order valence-corrected chi connectivity index (χ0v) is 10.3. The van der Waals surface area contributed by atoms with Crippen molar-refractivity contribution in [3.8, 4) is 0 Å². The van der Waals surface area contributed by atoms with E-state index in [2.05, 4.69) is 26.2 Å². The Morgan fingerprint density at radius 1 is 1.38 bits per heavy atom. The Balaban J connectivity index is 2.06. The minimum Gasteiger partial charge on any atom is -0.347 e. The van der Waals surface area contributed by atoms with Crippen LogP contribution in [-0.2, 0) is 0 Å². The van der Waals surface area contributed by atoms with Crippen molar-refractivity contribution in [3.63, 3.8) is 0 Å². The van der Waals surface area contributed by atoms with Crippen LogP contribution >= 0.6 is 15.9 Å². The minimum atomic E-state index is -0.242. The molecule has 1 aromatic rings. The molecular formula is C11H11BrFN3. The van der Waals surface area contributed by atoms with Crippen LogP contribution in [0.1, 0.15) is 0 Å². The maximum atomic E-state index is 12.7. The lowest BCUT2D eigenvalue weighted by Crippen LogP contribution is -2.34. The summed E-state index contributed by atoms with van der Waals surface area (Å²) in [5, 5.41) is 3.17. The molecule has 1 atom stereocenters. The van der Waals surface area contributed by atoms with Crippen LogP contribution in [0.5, 0.6) is 0 Å². The van der Waals surface area contributed by atoms with Gasteiger partial charge in [0.25, 0.3) is 0 Å². The Hall–Kier alpha value is -1.36. The summed E-state index contributed by atoms with van der Waals surface area (Å²) in [6.07, 6.45) is 3.50. The molecule has 16 heavy (non-hydrogen) atoms. The van der Waals surface area contributed by atoms with Gasteiger partial charge in [0.1, 0.15) is 5.82 Å². The third-order valence-electron chi connectivity index (χ3n) is 2.19. The molecule has 0 spiro atoms. The summed E-state index contributed by atoms with van der Waals surface area (Å²) in [5.41, 5.74) is 0.835. The molecule has 0 fully saturated rings. The van der Waals surface area contributed by atoms with Gasteiger partial charge in [-0.05, 0) is 40.2 Å². The first kappa shape index (κ1) is 11.1. The molecule has 2 rings (SSSR count). The van der Waals surface area contributed by atoms with E-state index in [0.29, 0.717) is 0 Å². The fourth-order valence-electron chi connectivity index (χ4n) is 1.38. The quantitative estimate of drug-likeness (QED) is 0.904. The monoisotopic (exact) mass is 283 g/mol. The molecule has 1 aliphatic rings. The summed E-state index contributed by atoms with van der Waals surface area (Å²) in [5.74, 6) is -0.242. The van der Waals surface area contributed by atoms with Gasteiger partial charge in [-0.15, -0.1) is 0 Å².